The zero-order chi connectivity index (χ0) is 24.8. The lowest BCUT2D eigenvalue weighted by molar-refractivity contribution is -0.385. The molecule has 3 aromatic carbocycles. The molecule has 0 unspecified atom stereocenters. The van der Waals surface area contributed by atoms with Crippen molar-refractivity contribution in [2.75, 3.05) is 38.6 Å². The number of carbonyl (C=O) groups is 1. The Labute approximate surface area is 206 Å². The van der Waals surface area contributed by atoms with Gasteiger partial charge in [-0.2, -0.15) is 0 Å². The molecule has 35 heavy (non-hydrogen) atoms. The van der Waals surface area contributed by atoms with E-state index < -0.39 is 10.8 Å². The molecular weight excluding hydrogens is 440 g/mol. The number of piperidine rings is 1. The maximum absolute atomic E-state index is 12.9. The van der Waals surface area contributed by atoms with Gasteiger partial charge in [-0.15, -0.1) is 0 Å². The molecule has 1 heterocycles. The maximum Gasteiger partial charge on any atom is 0.282 e. The number of carbonyl (C=O) groups excluding carboxylic acids is 1. The number of benzene rings is 3. The first-order valence-electron chi connectivity index (χ1n) is 12.0. The number of hydrogen-bond acceptors (Lipinski definition) is 5. The number of nitro benzene ring substituents is 1. The molecule has 7 heteroatoms. The molecule has 0 saturated carbocycles. The van der Waals surface area contributed by atoms with Crippen LogP contribution in [0.3, 0.4) is 0 Å². The second-order valence-electron chi connectivity index (χ2n) is 9.27. The van der Waals surface area contributed by atoms with Gasteiger partial charge < -0.3 is 10.2 Å². The van der Waals surface area contributed by atoms with Crippen molar-refractivity contribution in [3.05, 3.63) is 106 Å². The summed E-state index contributed by atoms with van der Waals surface area (Å²) in [6.07, 6.45) is 1.91. The molecule has 1 aliphatic rings. The maximum atomic E-state index is 12.9. The van der Waals surface area contributed by atoms with Crippen molar-refractivity contribution in [3.63, 3.8) is 0 Å². The third kappa shape index (κ3) is 5.87. The van der Waals surface area contributed by atoms with Crippen molar-refractivity contribution in [2.24, 2.45) is 5.92 Å². The predicted octanol–water partition coefficient (Wildman–Crippen LogP) is 4.89. The molecule has 1 fully saturated rings. The lowest BCUT2D eigenvalue weighted by Crippen LogP contribution is -2.40. The monoisotopic (exact) mass is 472 g/mol. The average Bonchev–Trinajstić information content (AvgIpc) is 2.89. The fraction of sp³-hybridized carbons (Fsp3) is 0.321. The lowest BCUT2D eigenvalue weighted by Gasteiger charge is -2.38. The molecule has 0 spiro atoms. The number of nitro groups is 1. The highest BCUT2D eigenvalue weighted by molar-refractivity contribution is 5.99. The minimum Gasteiger partial charge on any atom is -0.378 e. The molecule has 0 bridgehead atoms. The number of rotatable bonds is 8. The first-order valence-corrected chi connectivity index (χ1v) is 12.0. The fourth-order valence-electron chi connectivity index (χ4n) is 4.78. The molecule has 4 rings (SSSR count). The van der Waals surface area contributed by atoms with Gasteiger partial charge in [-0.3, -0.25) is 19.8 Å². The molecule has 1 amide bonds. The van der Waals surface area contributed by atoms with E-state index in [1.807, 2.05) is 31.1 Å². The smallest absolute Gasteiger partial charge is 0.282 e. The third-order valence-corrected chi connectivity index (χ3v) is 6.73. The van der Waals surface area contributed by atoms with E-state index in [0.29, 0.717) is 12.5 Å². The van der Waals surface area contributed by atoms with Crippen molar-refractivity contribution in [2.45, 2.75) is 18.9 Å². The van der Waals surface area contributed by atoms with E-state index in [9.17, 15) is 14.9 Å². The fourth-order valence-corrected chi connectivity index (χ4v) is 4.78. The summed E-state index contributed by atoms with van der Waals surface area (Å²) in [5.74, 6) is -0.0623. The average molecular weight is 473 g/mol. The van der Waals surface area contributed by atoms with Crippen LogP contribution in [0, 0.1) is 16.0 Å². The van der Waals surface area contributed by atoms with Crippen LogP contribution in [0.4, 0.5) is 11.4 Å². The Morgan fingerprint density at radius 2 is 1.57 bits per heavy atom. The van der Waals surface area contributed by atoms with E-state index in [-0.39, 0.29) is 17.3 Å². The first kappa shape index (κ1) is 24.4. The van der Waals surface area contributed by atoms with E-state index in [4.69, 9.17) is 0 Å². The lowest BCUT2D eigenvalue weighted by atomic mass is 9.91. The van der Waals surface area contributed by atoms with E-state index in [1.165, 1.54) is 17.2 Å². The number of likely N-dealkylation sites (tertiary alicyclic amines) is 1. The number of amides is 1. The van der Waals surface area contributed by atoms with Crippen LogP contribution < -0.4 is 10.2 Å². The molecule has 7 nitrogen and oxygen atoms in total. The Hall–Kier alpha value is -3.71. The van der Waals surface area contributed by atoms with Gasteiger partial charge >= 0.3 is 0 Å². The Kier molecular flexibility index (Phi) is 7.77. The molecule has 0 aliphatic carbocycles. The van der Waals surface area contributed by atoms with Crippen molar-refractivity contribution < 1.29 is 9.72 Å². The van der Waals surface area contributed by atoms with Gasteiger partial charge in [-0.1, -0.05) is 60.7 Å². The summed E-state index contributed by atoms with van der Waals surface area (Å²) >= 11 is 0. The normalized spacial score (nSPS) is 14.6. The van der Waals surface area contributed by atoms with Gasteiger partial charge in [-0.25, -0.2) is 0 Å². The van der Waals surface area contributed by atoms with E-state index >= 15 is 0 Å². The second-order valence-corrected chi connectivity index (χ2v) is 9.27. The molecule has 0 aromatic heterocycles. The highest BCUT2D eigenvalue weighted by Gasteiger charge is 2.28. The minimum absolute atomic E-state index is 0.104. The summed E-state index contributed by atoms with van der Waals surface area (Å²) in [4.78, 5) is 28.2. The molecule has 1 aliphatic heterocycles. The summed E-state index contributed by atoms with van der Waals surface area (Å²) in [5.41, 5.74) is 3.24. The Bertz CT molecular complexity index is 1100. The highest BCUT2D eigenvalue weighted by Crippen LogP contribution is 2.32. The van der Waals surface area contributed by atoms with Crippen molar-refractivity contribution >= 4 is 17.3 Å². The minimum atomic E-state index is -0.500. The second kappa shape index (κ2) is 11.1. The largest absolute Gasteiger partial charge is 0.378 e. The van der Waals surface area contributed by atoms with Crippen LogP contribution in [0.15, 0.2) is 78.9 Å². The van der Waals surface area contributed by atoms with Crippen LogP contribution in [0.2, 0.25) is 0 Å². The van der Waals surface area contributed by atoms with Crippen LogP contribution in [0.5, 0.6) is 0 Å². The number of nitrogens with zero attached hydrogens (tertiary/aromatic N) is 3. The molecule has 1 saturated heterocycles. The summed E-state index contributed by atoms with van der Waals surface area (Å²) in [6, 6.07) is 26.0. The third-order valence-electron chi connectivity index (χ3n) is 6.73. The van der Waals surface area contributed by atoms with Gasteiger partial charge in [0.25, 0.3) is 11.6 Å². The molecule has 0 radical (unpaired) electrons. The van der Waals surface area contributed by atoms with Crippen molar-refractivity contribution in [1.82, 2.24) is 10.2 Å². The zero-order valence-electron chi connectivity index (χ0n) is 20.3. The molecule has 1 N–H and O–H groups in total. The van der Waals surface area contributed by atoms with Gasteiger partial charge in [0.15, 0.2) is 0 Å². The summed E-state index contributed by atoms with van der Waals surface area (Å²) in [7, 11) is 3.68. The standard InChI is InChI=1S/C28H32N4O3/c1-30(2)24-13-14-26(32(34)35)25(19-24)28(33)29-20-21-15-17-31(18-16-21)27(22-9-5-3-6-10-22)23-11-7-4-8-12-23/h3-14,19,21,27H,15-18,20H2,1-2H3,(H,29,33). The SMILES string of the molecule is CN(C)c1ccc([N+](=O)[O-])c(C(=O)NCC2CCN(C(c3ccccc3)c3ccccc3)CC2)c1. The zero-order valence-corrected chi connectivity index (χ0v) is 20.3. The number of anilines is 1. The quantitative estimate of drug-likeness (QED) is 0.373. The van der Waals surface area contributed by atoms with E-state index in [0.717, 1.165) is 31.6 Å². The van der Waals surface area contributed by atoms with Gasteiger partial charge in [0.1, 0.15) is 5.56 Å². The Morgan fingerprint density at radius 3 is 2.09 bits per heavy atom. The number of nitrogens with one attached hydrogen (secondary N) is 1. The van der Waals surface area contributed by atoms with Crippen LogP contribution in [0.1, 0.15) is 40.4 Å². The number of hydrogen-bond donors (Lipinski definition) is 1. The van der Waals surface area contributed by atoms with Crippen LogP contribution in [-0.4, -0.2) is 49.5 Å². The summed E-state index contributed by atoms with van der Waals surface area (Å²) in [5, 5.41) is 14.4. The summed E-state index contributed by atoms with van der Waals surface area (Å²) < 4.78 is 0. The predicted molar refractivity (Wildman–Crippen MR) is 139 cm³/mol. The first-order chi connectivity index (χ1) is 16.9. The van der Waals surface area contributed by atoms with Gasteiger partial charge in [-0.05, 0) is 55.1 Å². The molecule has 3 aromatic rings. The van der Waals surface area contributed by atoms with Gasteiger partial charge in [0, 0.05) is 32.4 Å². The van der Waals surface area contributed by atoms with Crippen molar-refractivity contribution in [3.8, 4) is 0 Å². The topological polar surface area (TPSA) is 78.7 Å². The van der Waals surface area contributed by atoms with Crippen LogP contribution in [0.25, 0.3) is 0 Å². The molecule has 0 atom stereocenters. The van der Waals surface area contributed by atoms with E-state index in [2.05, 4.69) is 58.7 Å². The molecule has 182 valence electrons. The van der Waals surface area contributed by atoms with Crippen LogP contribution in [-0.2, 0) is 0 Å². The molecular formula is C28H32N4O3. The van der Waals surface area contributed by atoms with Crippen molar-refractivity contribution in [1.29, 1.82) is 0 Å². The Balaban J connectivity index is 1.40. The summed E-state index contributed by atoms with van der Waals surface area (Å²) in [6.45, 7) is 2.36. The van der Waals surface area contributed by atoms with E-state index in [1.54, 1.807) is 12.1 Å². The highest BCUT2D eigenvalue weighted by atomic mass is 16.6. The van der Waals surface area contributed by atoms with Gasteiger partial charge in [0.2, 0.25) is 0 Å². The van der Waals surface area contributed by atoms with Crippen LogP contribution >= 0.6 is 0 Å². The van der Waals surface area contributed by atoms with Gasteiger partial charge in [0.05, 0.1) is 11.0 Å². The Morgan fingerprint density at radius 1 is 1.00 bits per heavy atom.